The Morgan fingerprint density at radius 2 is 1.67 bits per heavy atom. The molecule has 0 heterocycles. The number of phenols is 1. The average molecular weight is 279 g/mol. The Labute approximate surface area is 122 Å². The second-order valence-corrected chi connectivity index (χ2v) is 4.33. The molecule has 0 amide bonds. The summed E-state index contributed by atoms with van der Waals surface area (Å²) in [5, 5.41) is 18.5. The van der Waals surface area contributed by atoms with Gasteiger partial charge < -0.3 is 9.84 Å². The fourth-order valence-corrected chi connectivity index (χ4v) is 1.82. The summed E-state index contributed by atoms with van der Waals surface area (Å²) in [7, 11) is 1.33. The van der Waals surface area contributed by atoms with E-state index in [1.807, 2.05) is 0 Å². The zero-order valence-corrected chi connectivity index (χ0v) is 11.4. The topological polar surface area (TPSA) is 70.3 Å². The van der Waals surface area contributed by atoms with Gasteiger partial charge in [0.25, 0.3) is 0 Å². The number of methoxy groups -OCH3 is 1. The van der Waals surface area contributed by atoms with Crippen LogP contribution in [0.5, 0.6) is 5.75 Å². The van der Waals surface area contributed by atoms with Gasteiger partial charge in [-0.25, -0.2) is 4.79 Å². The Bertz CT molecular complexity index is 707. The van der Waals surface area contributed by atoms with Crippen LogP contribution in [0.2, 0.25) is 0 Å². The normalized spacial score (nSPS) is 10.8. The number of allylic oxidation sites excluding steroid dienone is 1. The SMILES string of the molecule is COC(=O)c1ccc(/C=C(/C#N)c2ccc(O)cc2)cc1. The third-order valence-corrected chi connectivity index (χ3v) is 2.94. The number of nitrogens with zero attached hydrogens (tertiary/aromatic N) is 1. The van der Waals surface area contributed by atoms with Crippen LogP contribution in [0, 0.1) is 11.3 Å². The first-order chi connectivity index (χ1) is 10.1. The fourth-order valence-electron chi connectivity index (χ4n) is 1.82. The van der Waals surface area contributed by atoms with E-state index in [-0.39, 0.29) is 5.75 Å². The molecule has 21 heavy (non-hydrogen) atoms. The highest BCUT2D eigenvalue weighted by Crippen LogP contribution is 2.20. The van der Waals surface area contributed by atoms with Crippen molar-refractivity contribution in [2.45, 2.75) is 0 Å². The molecule has 0 aliphatic heterocycles. The molecule has 104 valence electrons. The summed E-state index contributed by atoms with van der Waals surface area (Å²) in [6, 6.07) is 15.3. The smallest absolute Gasteiger partial charge is 0.337 e. The van der Waals surface area contributed by atoms with Gasteiger partial charge in [-0.2, -0.15) is 5.26 Å². The van der Waals surface area contributed by atoms with E-state index >= 15 is 0 Å². The maximum Gasteiger partial charge on any atom is 0.337 e. The van der Waals surface area contributed by atoms with E-state index in [1.165, 1.54) is 19.2 Å². The van der Waals surface area contributed by atoms with Crippen molar-refractivity contribution in [2.24, 2.45) is 0 Å². The Morgan fingerprint density at radius 1 is 1.10 bits per heavy atom. The molecular formula is C17H13NO3. The average Bonchev–Trinajstić information content (AvgIpc) is 2.53. The molecule has 4 nitrogen and oxygen atoms in total. The number of carbonyl (C=O) groups excluding carboxylic acids is 1. The molecule has 2 aromatic carbocycles. The molecule has 0 spiro atoms. The van der Waals surface area contributed by atoms with Crippen LogP contribution in [0.3, 0.4) is 0 Å². The third-order valence-electron chi connectivity index (χ3n) is 2.94. The molecule has 0 aromatic heterocycles. The van der Waals surface area contributed by atoms with Crippen molar-refractivity contribution in [3.05, 3.63) is 65.2 Å². The Hall–Kier alpha value is -3.06. The lowest BCUT2D eigenvalue weighted by molar-refractivity contribution is 0.0600. The highest BCUT2D eigenvalue weighted by atomic mass is 16.5. The number of esters is 1. The molecule has 0 saturated heterocycles. The van der Waals surface area contributed by atoms with Gasteiger partial charge in [0.2, 0.25) is 0 Å². The fraction of sp³-hybridized carbons (Fsp3) is 0.0588. The van der Waals surface area contributed by atoms with Gasteiger partial charge in [-0.3, -0.25) is 0 Å². The van der Waals surface area contributed by atoms with E-state index in [9.17, 15) is 15.2 Å². The monoisotopic (exact) mass is 279 g/mol. The van der Waals surface area contributed by atoms with Crippen LogP contribution in [0.15, 0.2) is 48.5 Å². The van der Waals surface area contributed by atoms with Gasteiger partial charge in [-0.15, -0.1) is 0 Å². The number of rotatable bonds is 3. The number of nitriles is 1. The van der Waals surface area contributed by atoms with Crippen LogP contribution in [0.4, 0.5) is 0 Å². The number of aromatic hydroxyl groups is 1. The van der Waals surface area contributed by atoms with Crippen molar-refractivity contribution < 1.29 is 14.6 Å². The number of hydrogen-bond acceptors (Lipinski definition) is 4. The van der Waals surface area contributed by atoms with Crippen molar-refractivity contribution >= 4 is 17.6 Å². The summed E-state index contributed by atoms with van der Waals surface area (Å²) in [6.07, 6.45) is 1.72. The lowest BCUT2D eigenvalue weighted by atomic mass is 10.0. The number of carbonyl (C=O) groups is 1. The minimum absolute atomic E-state index is 0.151. The molecule has 2 rings (SSSR count). The molecule has 0 aliphatic rings. The summed E-state index contributed by atoms with van der Waals surface area (Å²) in [4.78, 5) is 11.3. The molecule has 0 fully saturated rings. The number of benzene rings is 2. The van der Waals surface area contributed by atoms with Crippen LogP contribution in [0.25, 0.3) is 11.6 Å². The molecule has 1 N–H and O–H groups in total. The van der Waals surface area contributed by atoms with Crippen LogP contribution >= 0.6 is 0 Å². The predicted octanol–water partition coefficient (Wildman–Crippen LogP) is 3.24. The maximum atomic E-state index is 11.3. The molecule has 0 aliphatic carbocycles. The van der Waals surface area contributed by atoms with E-state index < -0.39 is 5.97 Å². The van der Waals surface area contributed by atoms with Crippen molar-refractivity contribution in [3.63, 3.8) is 0 Å². The maximum absolute atomic E-state index is 11.3. The summed E-state index contributed by atoms with van der Waals surface area (Å²) >= 11 is 0. The molecule has 0 bridgehead atoms. The Morgan fingerprint density at radius 3 is 2.19 bits per heavy atom. The quantitative estimate of drug-likeness (QED) is 0.532. The van der Waals surface area contributed by atoms with E-state index in [1.54, 1.807) is 42.5 Å². The van der Waals surface area contributed by atoms with Crippen molar-refractivity contribution in [3.8, 4) is 11.8 Å². The molecular weight excluding hydrogens is 266 g/mol. The number of phenolic OH excluding ortho intramolecular Hbond substituents is 1. The van der Waals surface area contributed by atoms with Crippen LogP contribution in [0.1, 0.15) is 21.5 Å². The first-order valence-corrected chi connectivity index (χ1v) is 6.23. The Kier molecular flexibility index (Phi) is 4.37. The minimum Gasteiger partial charge on any atom is -0.508 e. The van der Waals surface area contributed by atoms with Gasteiger partial charge in [0, 0.05) is 0 Å². The zero-order chi connectivity index (χ0) is 15.2. The standard InChI is InChI=1S/C17H13NO3/c1-21-17(20)14-4-2-12(3-5-14)10-15(11-18)13-6-8-16(19)9-7-13/h2-10,19H,1H3/b15-10-. The largest absolute Gasteiger partial charge is 0.508 e. The summed E-state index contributed by atoms with van der Waals surface area (Å²) in [5.74, 6) is -0.247. The van der Waals surface area contributed by atoms with Gasteiger partial charge in [0.1, 0.15) is 5.75 Å². The molecule has 0 unspecified atom stereocenters. The molecule has 0 radical (unpaired) electrons. The van der Waals surface area contributed by atoms with Crippen LogP contribution < -0.4 is 0 Å². The van der Waals surface area contributed by atoms with Gasteiger partial charge in [-0.05, 0) is 53.6 Å². The third kappa shape index (κ3) is 3.48. The van der Waals surface area contributed by atoms with E-state index in [2.05, 4.69) is 10.8 Å². The van der Waals surface area contributed by atoms with E-state index in [4.69, 9.17) is 0 Å². The minimum atomic E-state index is -0.399. The van der Waals surface area contributed by atoms with Crippen LogP contribution in [-0.4, -0.2) is 18.2 Å². The van der Waals surface area contributed by atoms with Crippen molar-refractivity contribution in [2.75, 3.05) is 7.11 Å². The molecule has 4 heteroatoms. The second-order valence-electron chi connectivity index (χ2n) is 4.33. The van der Waals surface area contributed by atoms with Crippen LogP contribution in [-0.2, 0) is 4.74 Å². The molecule has 0 saturated carbocycles. The van der Waals surface area contributed by atoms with Crippen molar-refractivity contribution in [1.29, 1.82) is 5.26 Å². The summed E-state index contributed by atoms with van der Waals surface area (Å²) < 4.78 is 4.63. The lowest BCUT2D eigenvalue weighted by Crippen LogP contribution is -2.00. The molecule has 2 aromatic rings. The van der Waals surface area contributed by atoms with Gasteiger partial charge in [0.15, 0.2) is 0 Å². The Balaban J connectivity index is 2.30. The predicted molar refractivity (Wildman–Crippen MR) is 79.4 cm³/mol. The van der Waals surface area contributed by atoms with Gasteiger partial charge in [-0.1, -0.05) is 12.1 Å². The highest BCUT2D eigenvalue weighted by Gasteiger charge is 2.05. The van der Waals surface area contributed by atoms with Gasteiger partial charge >= 0.3 is 5.97 Å². The van der Waals surface area contributed by atoms with Gasteiger partial charge in [0.05, 0.1) is 24.3 Å². The second kappa shape index (κ2) is 6.40. The number of ether oxygens (including phenoxy) is 1. The highest BCUT2D eigenvalue weighted by molar-refractivity contribution is 5.92. The molecule has 0 atom stereocenters. The van der Waals surface area contributed by atoms with E-state index in [0.717, 1.165) is 5.56 Å². The number of hydrogen-bond donors (Lipinski definition) is 1. The zero-order valence-electron chi connectivity index (χ0n) is 11.4. The first kappa shape index (κ1) is 14.4. The van der Waals surface area contributed by atoms with Crippen molar-refractivity contribution in [1.82, 2.24) is 0 Å². The summed E-state index contributed by atoms with van der Waals surface area (Å²) in [6.45, 7) is 0. The van der Waals surface area contributed by atoms with E-state index in [0.29, 0.717) is 16.7 Å². The lowest BCUT2D eigenvalue weighted by Gasteiger charge is -2.02. The summed E-state index contributed by atoms with van der Waals surface area (Å²) in [5.41, 5.74) is 2.44. The first-order valence-electron chi connectivity index (χ1n) is 6.23.